The number of hydrogen-bond acceptors (Lipinski definition) is 6. The topological polar surface area (TPSA) is 192 Å². The van der Waals surface area contributed by atoms with Crippen LogP contribution in [0.4, 0.5) is 0 Å². The lowest BCUT2D eigenvalue weighted by Gasteiger charge is -2.31. The highest BCUT2D eigenvalue weighted by Gasteiger charge is 2.33. The fraction of sp³-hybridized carbons (Fsp3) is 0.407. The summed E-state index contributed by atoms with van der Waals surface area (Å²) < 4.78 is 0. The molecule has 0 spiro atoms. The second-order valence-corrected chi connectivity index (χ2v) is 9.30. The molecule has 2 aromatic carbocycles. The van der Waals surface area contributed by atoms with Gasteiger partial charge in [-0.1, -0.05) is 60.7 Å². The van der Waals surface area contributed by atoms with E-state index in [2.05, 4.69) is 20.9 Å². The maximum absolute atomic E-state index is 13.4. The molecule has 0 saturated carbocycles. The van der Waals surface area contributed by atoms with E-state index in [1.54, 1.807) is 0 Å². The number of aliphatic hydroxyl groups is 2. The number of aliphatic imine (C=N–C) groups is 1. The van der Waals surface area contributed by atoms with Crippen molar-refractivity contribution in [3.8, 4) is 0 Å². The summed E-state index contributed by atoms with van der Waals surface area (Å²) >= 11 is 0. The number of carbonyl (C=O) groups is 3. The van der Waals surface area contributed by atoms with Crippen molar-refractivity contribution in [1.29, 1.82) is 0 Å². The lowest BCUT2D eigenvalue weighted by molar-refractivity contribution is -0.173. The van der Waals surface area contributed by atoms with Crippen LogP contribution in [-0.4, -0.2) is 64.4 Å². The van der Waals surface area contributed by atoms with Crippen LogP contribution in [0.5, 0.6) is 0 Å². The number of hydrogen-bond donors (Lipinski definition) is 7. The second-order valence-electron chi connectivity index (χ2n) is 9.30. The highest BCUT2D eigenvalue weighted by molar-refractivity contribution is 5.92. The first-order valence-corrected chi connectivity index (χ1v) is 12.4. The molecule has 0 radical (unpaired) electrons. The number of carbonyl (C=O) groups excluding carboxylic acids is 3. The van der Waals surface area contributed by atoms with Gasteiger partial charge in [-0.2, -0.15) is 0 Å². The minimum atomic E-state index is -2.24. The summed E-state index contributed by atoms with van der Waals surface area (Å²) in [6.45, 7) is 2.72. The summed E-state index contributed by atoms with van der Waals surface area (Å²) in [4.78, 5) is 42.4. The van der Waals surface area contributed by atoms with E-state index in [9.17, 15) is 24.6 Å². The number of benzene rings is 2. The molecular formula is C27H38N6O5. The summed E-state index contributed by atoms with van der Waals surface area (Å²) in [5.41, 5.74) is 12.3. The van der Waals surface area contributed by atoms with Crippen molar-refractivity contribution in [2.75, 3.05) is 6.54 Å². The molecule has 11 nitrogen and oxygen atoms in total. The molecule has 9 N–H and O–H groups in total. The molecule has 0 bridgehead atoms. The van der Waals surface area contributed by atoms with Crippen LogP contribution >= 0.6 is 0 Å². The molecule has 0 aliphatic carbocycles. The quantitative estimate of drug-likeness (QED) is 0.0760. The van der Waals surface area contributed by atoms with E-state index in [0.717, 1.165) is 18.1 Å². The Kier molecular flexibility index (Phi) is 11.7. The van der Waals surface area contributed by atoms with Crippen molar-refractivity contribution in [2.24, 2.45) is 16.5 Å². The fourth-order valence-electron chi connectivity index (χ4n) is 3.89. The minimum Gasteiger partial charge on any atom is -0.370 e. The molecule has 3 atom stereocenters. The van der Waals surface area contributed by atoms with E-state index >= 15 is 0 Å². The van der Waals surface area contributed by atoms with Crippen molar-refractivity contribution in [3.63, 3.8) is 0 Å². The van der Waals surface area contributed by atoms with Crippen molar-refractivity contribution >= 4 is 23.7 Å². The molecule has 11 heteroatoms. The molecule has 0 saturated heterocycles. The molecule has 0 aliphatic rings. The Labute approximate surface area is 222 Å². The van der Waals surface area contributed by atoms with Crippen molar-refractivity contribution in [2.45, 2.75) is 63.4 Å². The first-order valence-electron chi connectivity index (χ1n) is 12.4. The zero-order chi connectivity index (χ0) is 28.1. The Morgan fingerprint density at radius 1 is 0.842 bits per heavy atom. The first-order chi connectivity index (χ1) is 18.0. The molecule has 2 rings (SSSR count). The van der Waals surface area contributed by atoms with Gasteiger partial charge in [0.1, 0.15) is 12.1 Å². The lowest BCUT2D eigenvalue weighted by Crippen LogP contribution is -2.59. The second kappa shape index (κ2) is 14.7. The Hall–Kier alpha value is -3.96. The molecule has 3 amide bonds. The number of guanidine groups is 1. The maximum atomic E-state index is 13.4. The van der Waals surface area contributed by atoms with Crippen LogP contribution in [0.1, 0.15) is 37.8 Å². The van der Waals surface area contributed by atoms with Crippen molar-refractivity contribution < 1.29 is 24.6 Å². The summed E-state index contributed by atoms with van der Waals surface area (Å²) in [5, 5.41) is 28.6. The number of nitrogens with two attached hydrogens (primary N) is 2. The van der Waals surface area contributed by atoms with Gasteiger partial charge in [0.05, 0.1) is 6.04 Å². The largest absolute Gasteiger partial charge is 0.370 e. The van der Waals surface area contributed by atoms with Crippen LogP contribution in [0.25, 0.3) is 0 Å². The average Bonchev–Trinajstić information content (AvgIpc) is 2.85. The highest BCUT2D eigenvalue weighted by Crippen LogP contribution is 2.13. The van der Waals surface area contributed by atoms with Gasteiger partial charge < -0.3 is 37.6 Å². The van der Waals surface area contributed by atoms with Gasteiger partial charge in [0.25, 0.3) is 0 Å². The van der Waals surface area contributed by atoms with Gasteiger partial charge in [-0.3, -0.25) is 19.4 Å². The van der Waals surface area contributed by atoms with E-state index in [4.69, 9.17) is 11.5 Å². The molecule has 0 unspecified atom stereocenters. The molecule has 38 heavy (non-hydrogen) atoms. The first kappa shape index (κ1) is 30.3. The van der Waals surface area contributed by atoms with Crippen LogP contribution in [0.3, 0.4) is 0 Å². The van der Waals surface area contributed by atoms with Gasteiger partial charge in [0.15, 0.2) is 11.7 Å². The van der Waals surface area contributed by atoms with E-state index in [-0.39, 0.29) is 37.7 Å². The number of rotatable bonds is 14. The summed E-state index contributed by atoms with van der Waals surface area (Å²) in [5.74, 6) is -3.86. The third kappa shape index (κ3) is 11.0. The molecular weight excluding hydrogens is 488 g/mol. The summed E-state index contributed by atoms with van der Waals surface area (Å²) in [7, 11) is 0. The average molecular weight is 527 g/mol. The van der Waals surface area contributed by atoms with E-state index in [1.807, 2.05) is 60.7 Å². The maximum Gasteiger partial charge on any atom is 0.243 e. The third-order valence-electron chi connectivity index (χ3n) is 5.81. The van der Waals surface area contributed by atoms with Crippen LogP contribution in [0.15, 0.2) is 65.7 Å². The standard InChI is InChI=1S/C27H38N6O5/c1-18(34)31-21(16-19-10-5-3-6-11-19)24(35)32-22(17-20-12-7-4-8-13-20)25(36)33-23(27(2,37)38)14-9-15-30-26(28)29/h3-8,10-13,21-23,37-38H,9,14-17H2,1-2H3,(H,31,34)(H,32,35)(H,33,36)(H4,28,29,30)/t21-,22+,23+/m1/s1. The lowest BCUT2D eigenvalue weighted by atomic mass is 10.00. The fourth-order valence-corrected chi connectivity index (χ4v) is 3.89. The van der Waals surface area contributed by atoms with E-state index in [0.29, 0.717) is 6.42 Å². The predicted octanol–water partition coefficient (Wildman–Crippen LogP) is -0.299. The molecule has 0 fully saturated rings. The van der Waals surface area contributed by atoms with Crippen LogP contribution in [0, 0.1) is 0 Å². The van der Waals surface area contributed by atoms with Crippen LogP contribution in [0.2, 0.25) is 0 Å². The zero-order valence-electron chi connectivity index (χ0n) is 21.8. The highest BCUT2D eigenvalue weighted by atomic mass is 16.5. The van der Waals surface area contributed by atoms with Gasteiger partial charge in [0.2, 0.25) is 17.7 Å². The van der Waals surface area contributed by atoms with Gasteiger partial charge >= 0.3 is 0 Å². The monoisotopic (exact) mass is 526 g/mol. The number of nitrogens with zero attached hydrogens (tertiary/aromatic N) is 1. The van der Waals surface area contributed by atoms with Gasteiger partial charge in [-0.15, -0.1) is 0 Å². The SMILES string of the molecule is CC(=O)N[C@H](Cc1ccccc1)C(=O)N[C@@H](Cc1ccccc1)C(=O)N[C@@H](CCCN=C(N)N)C(C)(O)O. The third-order valence-corrected chi connectivity index (χ3v) is 5.81. The summed E-state index contributed by atoms with van der Waals surface area (Å²) in [6, 6.07) is 15.2. The van der Waals surface area contributed by atoms with Crippen LogP contribution < -0.4 is 27.4 Å². The Bertz CT molecular complexity index is 1070. The number of nitrogens with one attached hydrogen (secondary N) is 3. The molecule has 206 valence electrons. The normalized spacial score (nSPS) is 13.5. The van der Waals surface area contributed by atoms with E-state index in [1.165, 1.54) is 6.92 Å². The van der Waals surface area contributed by atoms with Gasteiger partial charge in [-0.05, 0) is 30.9 Å². The number of amides is 3. The molecule has 2 aromatic rings. The molecule has 0 aliphatic heterocycles. The molecule has 0 aromatic heterocycles. The zero-order valence-corrected chi connectivity index (χ0v) is 21.8. The van der Waals surface area contributed by atoms with Gasteiger partial charge in [-0.25, -0.2) is 0 Å². The Balaban J connectivity index is 2.23. The Morgan fingerprint density at radius 2 is 1.32 bits per heavy atom. The van der Waals surface area contributed by atoms with Gasteiger partial charge in [0, 0.05) is 26.3 Å². The molecule has 0 heterocycles. The smallest absolute Gasteiger partial charge is 0.243 e. The van der Waals surface area contributed by atoms with Crippen molar-refractivity contribution in [1.82, 2.24) is 16.0 Å². The predicted molar refractivity (Wildman–Crippen MR) is 145 cm³/mol. The summed E-state index contributed by atoms with van der Waals surface area (Å²) in [6.07, 6.45) is 0.910. The van der Waals surface area contributed by atoms with E-state index < -0.39 is 35.7 Å². The minimum absolute atomic E-state index is 0.0868. The Morgan fingerprint density at radius 3 is 1.76 bits per heavy atom. The van der Waals surface area contributed by atoms with Crippen LogP contribution in [-0.2, 0) is 27.2 Å². The van der Waals surface area contributed by atoms with Crippen molar-refractivity contribution in [3.05, 3.63) is 71.8 Å².